The van der Waals surface area contributed by atoms with E-state index >= 15 is 0 Å². The summed E-state index contributed by atoms with van der Waals surface area (Å²) in [6.45, 7) is 1.17. The van der Waals surface area contributed by atoms with Gasteiger partial charge in [0.25, 0.3) is 0 Å². The van der Waals surface area contributed by atoms with Crippen LogP contribution in [0.1, 0.15) is 19.4 Å². The average molecular weight is 273 g/mol. The smallest absolute Gasteiger partial charge is 0.387 e. The highest BCUT2D eigenvalue weighted by Crippen LogP contribution is 2.14. The lowest BCUT2D eigenvalue weighted by Gasteiger charge is -2.09. The molecule has 0 aliphatic heterocycles. The number of halogens is 2. The molecule has 1 aromatic rings. The lowest BCUT2D eigenvalue weighted by atomic mass is 10.2. The molecule has 0 aliphatic carbocycles. The zero-order valence-electron chi connectivity index (χ0n) is 10.9. The van der Waals surface area contributed by atoms with Crippen molar-refractivity contribution in [3.8, 4) is 5.75 Å². The summed E-state index contributed by atoms with van der Waals surface area (Å²) in [6.07, 6.45) is -0.00321. The molecule has 19 heavy (non-hydrogen) atoms. The monoisotopic (exact) mass is 273 g/mol. The maximum atomic E-state index is 11.9. The van der Waals surface area contributed by atoms with Crippen molar-refractivity contribution in [1.82, 2.24) is 5.32 Å². The minimum atomic E-state index is -2.83. The zero-order valence-corrected chi connectivity index (χ0v) is 10.9. The quantitative estimate of drug-likeness (QED) is 0.829. The SMILES string of the molecule is CC(C)OCC(=O)NCc1ccc(OC(F)F)cc1. The van der Waals surface area contributed by atoms with Crippen LogP contribution in [0.5, 0.6) is 5.75 Å². The van der Waals surface area contributed by atoms with Gasteiger partial charge in [-0.1, -0.05) is 12.1 Å². The molecule has 0 fully saturated rings. The molecule has 0 saturated heterocycles. The number of hydrogen-bond donors (Lipinski definition) is 1. The van der Waals surface area contributed by atoms with Gasteiger partial charge >= 0.3 is 6.61 Å². The van der Waals surface area contributed by atoms with Gasteiger partial charge in [-0.05, 0) is 31.5 Å². The van der Waals surface area contributed by atoms with Gasteiger partial charge in [0.05, 0.1) is 6.10 Å². The molecule has 0 atom stereocenters. The van der Waals surface area contributed by atoms with Crippen LogP contribution in [0.2, 0.25) is 0 Å². The number of carbonyl (C=O) groups excluding carboxylic acids is 1. The normalized spacial score (nSPS) is 10.8. The number of rotatable bonds is 7. The van der Waals surface area contributed by atoms with Crippen molar-refractivity contribution in [2.45, 2.75) is 33.1 Å². The Labute approximate surface area is 110 Å². The van der Waals surface area contributed by atoms with Crippen LogP contribution in [0.25, 0.3) is 0 Å². The number of hydrogen-bond acceptors (Lipinski definition) is 3. The second kappa shape index (κ2) is 7.68. The Hall–Kier alpha value is -1.69. The Balaban J connectivity index is 2.35. The van der Waals surface area contributed by atoms with Crippen LogP contribution in [0, 0.1) is 0 Å². The van der Waals surface area contributed by atoms with Crippen LogP contribution in [-0.4, -0.2) is 25.2 Å². The molecular formula is C13H17F2NO3. The first-order chi connectivity index (χ1) is 8.97. The molecule has 0 aliphatic rings. The van der Waals surface area contributed by atoms with Gasteiger partial charge in [-0.3, -0.25) is 4.79 Å². The number of amides is 1. The Morgan fingerprint density at radius 2 is 1.89 bits per heavy atom. The van der Waals surface area contributed by atoms with E-state index in [0.717, 1.165) is 5.56 Å². The van der Waals surface area contributed by atoms with Crippen LogP contribution in [0.15, 0.2) is 24.3 Å². The summed E-state index contributed by atoms with van der Waals surface area (Å²) in [4.78, 5) is 11.4. The zero-order chi connectivity index (χ0) is 14.3. The molecular weight excluding hydrogens is 256 g/mol. The predicted octanol–water partition coefficient (Wildman–Crippen LogP) is 2.33. The van der Waals surface area contributed by atoms with Crippen LogP contribution in [-0.2, 0) is 16.1 Å². The van der Waals surface area contributed by atoms with Gasteiger partial charge in [0.2, 0.25) is 5.91 Å². The van der Waals surface area contributed by atoms with Gasteiger partial charge in [-0.15, -0.1) is 0 Å². The van der Waals surface area contributed by atoms with E-state index in [1.165, 1.54) is 12.1 Å². The number of alkyl halides is 2. The van der Waals surface area contributed by atoms with Crippen molar-refractivity contribution >= 4 is 5.91 Å². The number of benzene rings is 1. The standard InChI is InChI=1S/C13H17F2NO3/c1-9(2)18-8-12(17)16-7-10-3-5-11(6-4-10)19-13(14)15/h3-6,9,13H,7-8H2,1-2H3,(H,16,17). The molecule has 1 amide bonds. The molecule has 1 rings (SSSR count). The predicted molar refractivity (Wildman–Crippen MR) is 66.0 cm³/mol. The van der Waals surface area contributed by atoms with Crippen molar-refractivity contribution < 1.29 is 23.0 Å². The molecule has 0 radical (unpaired) electrons. The average Bonchev–Trinajstić information content (AvgIpc) is 2.35. The summed E-state index contributed by atoms with van der Waals surface area (Å²) in [5, 5.41) is 2.66. The van der Waals surface area contributed by atoms with Crippen molar-refractivity contribution in [3.05, 3.63) is 29.8 Å². The molecule has 6 heteroatoms. The van der Waals surface area contributed by atoms with E-state index < -0.39 is 6.61 Å². The summed E-state index contributed by atoms with van der Waals surface area (Å²) in [7, 11) is 0. The second-order valence-electron chi connectivity index (χ2n) is 4.16. The highest BCUT2D eigenvalue weighted by Gasteiger charge is 2.05. The van der Waals surface area contributed by atoms with E-state index in [9.17, 15) is 13.6 Å². The summed E-state index contributed by atoms with van der Waals surface area (Å²) in [6, 6.07) is 6.08. The van der Waals surface area contributed by atoms with Gasteiger partial charge in [0.1, 0.15) is 12.4 Å². The molecule has 106 valence electrons. The Bertz CT molecular complexity index is 393. The second-order valence-corrected chi connectivity index (χ2v) is 4.16. The number of carbonyl (C=O) groups is 1. The fraction of sp³-hybridized carbons (Fsp3) is 0.462. The molecule has 1 aromatic carbocycles. The van der Waals surface area contributed by atoms with Crippen LogP contribution < -0.4 is 10.1 Å². The first-order valence-corrected chi connectivity index (χ1v) is 5.89. The summed E-state index contributed by atoms with van der Waals surface area (Å²) >= 11 is 0. The van der Waals surface area contributed by atoms with E-state index in [2.05, 4.69) is 10.1 Å². The summed E-state index contributed by atoms with van der Waals surface area (Å²) in [5.74, 6) is -0.130. The van der Waals surface area contributed by atoms with Crippen molar-refractivity contribution in [2.75, 3.05) is 6.61 Å². The van der Waals surface area contributed by atoms with E-state index in [1.807, 2.05) is 13.8 Å². The van der Waals surface area contributed by atoms with E-state index in [1.54, 1.807) is 12.1 Å². The molecule has 0 bridgehead atoms. The number of ether oxygens (including phenoxy) is 2. The van der Waals surface area contributed by atoms with Gasteiger partial charge in [-0.2, -0.15) is 8.78 Å². The van der Waals surface area contributed by atoms with Gasteiger partial charge < -0.3 is 14.8 Å². The van der Waals surface area contributed by atoms with Gasteiger partial charge in [0, 0.05) is 6.54 Å². The van der Waals surface area contributed by atoms with E-state index in [4.69, 9.17) is 4.74 Å². The van der Waals surface area contributed by atoms with Gasteiger partial charge in [0.15, 0.2) is 0 Å². The van der Waals surface area contributed by atoms with Crippen molar-refractivity contribution in [1.29, 1.82) is 0 Å². The van der Waals surface area contributed by atoms with Crippen LogP contribution >= 0.6 is 0 Å². The molecule has 0 unspecified atom stereocenters. The molecule has 4 nitrogen and oxygen atoms in total. The van der Waals surface area contributed by atoms with E-state index in [0.29, 0.717) is 6.54 Å². The van der Waals surface area contributed by atoms with Crippen molar-refractivity contribution in [3.63, 3.8) is 0 Å². The fourth-order valence-corrected chi connectivity index (χ4v) is 1.28. The maximum Gasteiger partial charge on any atom is 0.387 e. The molecule has 0 heterocycles. The minimum absolute atomic E-state index is 0.00321. The summed E-state index contributed by atoms with van der Waals surface area (Å²) < 4.78 is 33.2. The van der Waals surface area contributed by atoms with Gasteiger partial charge in [-0.25, -0.2) is 0 Å². The van der Waals surface area contributed by atoms with Crippen LogP contribution in [0.3, 0.4) is 0 Å². The number of nitrogens with one attached hydrogen (secondary N) is 1. The fourth-order valence-electron chi connectivity index (χ4n) is 1.28. The molecule has 1 N–H and O–H groups in total. The Morgan fingerprint density at radius 1 is 1.26 bits per heavy atom. The molecule has 0 spiro atoms. The first-order valence-electron chi connectivity index (χ1n) is 5.89. The minimum Gasteiger partial charge on any atom is -0.435 e. The maximum absolute atomic E-state index is 11.9. The van der Waals surface area contributed by atoms with E-state index in [-0.39, 0.29) is 24.4 Å². The van der Waals surface area contributed by atoms with Crippen LogP contribution in [0.4, 0.5) is 8.78 Å². The third-order valence-corrected chi connectivity index (χ3v) is 2.19. The molecule has 0 aromatic heterocycles. The third-order valence-electron chi connectivity index (χ3n) is 2.19. The topological polar surface area (TPSA) is 47.6 Å². The lowest BCUT2D eigenvalue weighted by Crippen LogP contribution is -2.28. The Morgan fingerprint density at radius 3 is 2.42 bits per heavy atom. The highest BCUT2D eigenvalue weighted by molar-refractivity contribution is 5.77. The Kier molecular flexibility index (Phi) is 6.21. The van der Waals surface area contributed by atoms with Crippen molar-refractivity contribution in [2.24, 2.45) is 0 Å². The summed E-state index contributed by atoms with van der Waals surface area (Å²) in [5.41, 5.74) is 0.791. The lowest BCUT2D eigenvalue weighted by molar-refractivity contribution is -0.127. The highest BCUT2D eigenvalue weighted by atomic mass is 19.3. The molecule has 0 saturated carbocycles. The third kappa shape index (κ3) is 6.71. The first kappa shape index (κ1) is 15.4. The largest absolute Gasteiger partial charge is 0.435 e.